The van der Waals surface area contributed by atoms with Crippen molar-refractivity contribution in [1.82, 2.24) is 15.5 Å². The Balaban J connectivity index is 1.42. The van der Waals surface area contributed by atoms with Gasteiger partial charge in [-0.05, 0) is 43.0 Å². The SMILES string of the molecule is CC(C)(C)OC(=O)NCC(NC(=O)OCC1c2ccccc2-c2ccccc21)C(=O)CN1C(=O)CCC1=O. The van der Waals surface area contributed by atoms with Crippen LogP contribution in [0, 0.1) is 0 Å². The first kappa shape index (κ1) is 26.8. The van der Waals surface area contributed by atoms with E-state index in [2.05, 4.69) is 10.6 Å². The normalized spacial score (nSPS) is 15.5. The highest BCUT2D eigenvalue weighted by Crippen LogP contribution is 2.44. The second-order valence-corrected chi connectivity index (χ2v) is 10.2. The van der Waals surface area contributed by atoms with Gasteiger partial charge < -0.3 is 20.1 Å². The third-order valence-electron chi connectivity index (χ3n) is 6.34. The highest BCUT2D eigenvalue weighted by atomic mass is 16.6. The van der Waals surface area contributed by atoms with Crippen molar-refractivity contribution in [2.45, 2.75) is 51.2 Å². The molecule has 4 rings (SSSR count). The third kappa shape index (κ3) is 6.19. The van der Waals surface area contributed by atoms with E-state index in [0.717, 1.165) is 27.2 Å². The van der Waals surface area contributed by atoms with E-state index >= 15 is 0 Å². The lowest BCUT2D eigenvalue weighted by Crippen LogP contribution is -2.52. The second kappa shape index (κ2) is 11.0. The van der Waals surface area contributed by atoms with E-state index in [4.69, 9.17) is 9.47 Å². The molecule has 1 aliphatic carbocycles. The number of alkyl carbamates (subject to hydrolysis) is 2. The molecule has 0 aromatic heterocycles. The van der Waals surface area contributed by atoms with Gasteiger partial charge in [0, 0.05) is 25.3 Å². The van der Waals surface area contributed by atoms with Gasteiger partial charge in [0.2, 0.25) is 11.8 Å². The molecule has 1 heterocycles. The molecule has 0 saturated carbocycles. The number of nitrogens with zero attached hydrogens (tertiary/aromatic N) is 1. The van der Waals surface area contributed by atoms with Gasteiger partial charge in [-0.1, -0.05) is 48.5 Å². The van der Waals surface area contributed by atoms with Crippen molar-refractivity contribution in [2.24, 2.45) is 0 Å². The minimum absolute atomic E-state index is 0.0311. The minimum atomic E-state index is -1.25. The Bertz CT molecular complexity index is 1210. The van der Waals surface area contributed by atoms with Crippen LogP contribution < -0.4 is 10.6 Å². The number of Topliss-reactive ketones (excluding diaryl/α,β-unsaturated/α-hetero) is 1. The van der Waals surface area contributed by atoms with Crippen LogP contribution >= 0.6 is 0 Å². The Labute approximate surface area is 220 Å². The van der Waals surface area contributed by atoms with Gasteiger partial charge >= 0.3 is 12.2 Å². The van der Waals surface area contributed by atoms with Crippen LogP contribution in [0.15, 0.2) is 48.5 Å². The van der Waals surface area contributed by atoms with Crippen LogP contribution in [0.3, 0.4) is 0 Å². The number of nitrogens with one attached hydrogen (secondary N) is 2. The zero-order valence-corrected chi connectivity index (χ0v) is 21.6. The summed E-state index contributed by atoms with van der Waals surface area (Å²) in [4.78, 5) is 62.8. The standard InChI is InChI=1S/C28H31N3O7/c1-28(2,3)38-26(35)29-14-22(23(32)15-31-24(33)12-13-25(31)34)30-27(36)37-16-21-19-10-6-4-8-17(19)18-9-5-7-11-20(18)21/h4-11,21-22H,12-16H2,1-3H3,(H,29,35)(H,30,36). The number of imide groups is 1. The third-order valence-corrected chi connectivity index (χ3v) is 6.34. The number of hydrogen-bond donors (Lipinski definition) is 2. The fraction of sp³-hybridized carbons (Fsp3) is 0.393. The molecule has 2 aromatic rings. The van der Waals surface area contributed by atoms with Gasteiger partial charge in [-0.25, -0.2) is 9.59 Å². The molecule has 10 nitrogen and oxygen atoms in total. The van der Waals surface area contributed by atoms with E-state index in [-0.39, 0.29) is 31.9 Å². The largest absolute Gasteiger partial charge is 0.449 e. The van der Waals surface area contributed by atoms with Crippen molar-refractivity contribution in [1.29, 1.82) is 0 Å². The first-order valence-electron chi connectivity index (χ1n) is 12.5. The van der Waals surface area contributed by atoms with Gasteiger partial charge in [0.1, 0.15) is 18.2 Å². The number of carbonyl (C=O) groups is 5. The smallest absolute Gasteiger partial charge is 0.407 e. The first-order valence-corrected chi connectivity index (χ1v) is 12.5. The fourth-order valence-electron chi connectivity index (χ4n) is 4.59. The van der Waals surface area contributed by atoms with Crippen molar-refractivity contribution in [3.05, 3.63) is 59.7 Å². The molecule has 1 aliphatic heterocycles. The quantitative estimate of drug-likeness (QED) is 0.510. The van der Waals surface area contributed by atoms with Crippen molar-refractivity contribution >= 4 is 29.8 Å². The molecule has 38 heavy (non-hydrogen) atoms. The molecule has 4 amide bonds. The number of hydrogen-bond acceptors (Lipinski definition) is 7. The average Bonchev–Trinajstić information content (AvgIpc) is 3.36. The van der Waals surface area contributed by atoms with Gasteiger partial charge in [-0.3, -0.25) is 19.3 Å². The van der Waals surface area contributed by atoms with Crippen molar-refractivity contribution in [2.75, 3.05) is 19.7 Å². The van der Waals surface area contributed by atoms with E-state index in [1.807, 2.05) is 48.5 Å². The molecule has 1 atom stereocenters. The summed E-state index contributed by atoms with van der Waals surface area (Å²) in [5.41, 5.74) is 3.45. The summed E-state index contributed by atoms with van der Waals surface area (Å²) < 4.78 is 10.7. The molecule has 2 N–H and O–H groups in total. The number of carbonyl (C=O) groups excluding carboxylic acids is 5. The minimum Gasteiger partial charge on any atom is -0.449 e. The predicted molar refractivity (Wildman–Crippen MR) is 137 cm³/mol. The lowest BCUT2D eigenvalue weighted by Gasteiger charge is -2.23. The van der Waals surface area contributed by atoms with Gasteiger partial charge in [-0.2, -0.15) is 0 Å². The van der Waals surface area contributed by atoms with Crippen LogP contribution in [0.1, 0.15) is 50.7 Å². The van der Waals surface area contributed by atoms with Crippen LogP contribution in [0.4, 0.5) is 9.59 Å². The summed E-state index contributed by atoms with van der Waals surface area (Å²) in [6.07, 6.45) is -1.58. The Hall–Kier alpha value is -4.21. The van der Waals surface area contributed by atoms with Crippen LogP contribution in [0.2, 0.25) is 0 Å². The lowest BCUT2D eigenvalue weighted by molar-refractivity contribution is -0.142. The summed E-state index contributed by atoms with van der Waals surface area (Å²) in [5, 5.41) is 4.94. The molecule has 0 spiro atoms. The second-order valence-electron chi connectivity index (χ2n) is 10.2. The first-order chi connectivity index (χ1) is 18.0. The highest BCUT2D eigenvalue weighted by molar-refractivity contribution is 6.05. The fourth-order valence-corrected chi connectivity index (χ4v) is 4.59. The topological polar surface area (TPSA) is 131 Å². The average molecular weight is 522 g/mol. The Morgan fingerprint density at radius 3 is 2.03 bits per heavy atom. The molecule has 200 valence electrons. The van der Waals surface area contributed by atoms with E-state index < -0.39 is 48.0 Å². The van der Waals surface area contributed by atoms with Gasteiger partial charge in [0.25, 0.3) is 0 Å². The van der Waals surface area contributed by atoms with Crippen LogP contribution in [-0.4, -0.2) is 66.0 Å². The Kier molecular flexibility index (Phi) is 7.80. The number of likely N-dealkylation sites (tertiary alicyclic amines) is 1. The lowest BCUT2D eigenvalue weighted by atomic mass is 9.98. The number of amides is 4. The van der Waals surface area contributed by atoms with Crippen molar-refractivity contribution in [3.63, 3.8) is 0 Å². The van der Waals surface area contributed by atoms with Gasteiger partial charge in [0.05, 0.1) is 6.54 Å². The van der Waals surface area contributed by atoms with E-state index in [1.54, 1.807) is 20.8 Å². The molecule has 1 unspecified atom stereocenters. The van der Waals surface area contributed by atoms with E-state index in [1.165, 1.54) is 0 Å². The monoisotopic (exact) mass is 521 g/mol. The number of benzene rings is 2. The molecule has 1 saturated heterocycles. The molecule has 1 fully saturated rings. The summed E-state index contributed by atoms with van der Waals surface area (Å²) in [7, 11) is 0. The Morgan fingerprint density at radius 1 is 0.921 bits per heavy atom. The molecular weight excluding hydrogens is 490 g/mol. The maximum absolute atomic E-state index is 13.0. The van der Waals surface area contributed by atoms with Crippen molar-refractivity contribution < 1.29 is 33.4 Å². The summed E-state index contributed by atoms with van der Waals surface area (Å²) in [6.45, 7) is 4.28. The van der Waals surface area contributed by atoms with Gasteiger partial charge in [0.15, 0.2) is 5.78 Å². The number of ketones is 1. The Morgan fingerprint density at radius 2 is 1.47 bits per heavy atom. The molecule has 0 radical (unpaired) electrons. The van der Waals surface area contributed by atoms with Crippen molar-refractivity contribution in [3.8, 4) is 11.1 Å². The molecule has 2 aliphatic rings. The molecule has 0 bridgehead atoms. The van der Waals surface area contributed by atoms with Gasteiger partial charge in [-0.15, -0.1) is 0 Å². The van der Waals surface area contributed by atoms with E-state index in [0.29, 0.717) is 0 Å². The van der Waals surface area contributed by atoms with E-state index in [9.17, 15) is 24.0 Å². The maximum Gasteiger partial charge on any atom is 0.407 e. The number of ether oxygens (including phenoxy) is 2. The predicted octanol–water partition coefficient (Wildman–Crippen LogP) is 3.14. The maximum atomic E-state index is 13.0. The summed E-state index contributed by atoms with van der Waals surface area (Å²) in [5.74, 6) is -1.72. The molecule has 10 heteroatoms. The summed E-state index contributed by atoms with van der Waals surface area (Å²) >= 11 is 0. The summed E-state index contributed by atoms with van der Waals surface area (Å²) in [6, 6.07) is 14.5. The molecular formula is C28H31N3O7. The highest BCUT2D eigenvalue weighted by Gasteiger charge is 2.34. The van der Waals surface area contributed by atoms with Crippen LogP contribution in [0.25, 0.3) is 11.1 Å². The number of rotatable bonds is 8. The molecule has 2 aromatic carbocycles. The zero-order valence-electron chi connectivity index (χ0n) is 21.6. The number of fused-ring (bicyclic) bond motifs is 3. The zero-order chi connectivity index (χ0) is 27.4. The van der Waals surface area contributed by atoms with Crippen LogP contribution in [0.5, 0.6) is 0 Å². The van der Waals surface area contributed by atoms with Crippen LogP contribution in [-0.2, 0) is 23.9 Å².